The van der Waals surface area contributed by atoms with E-state index in [-0.39, 0.29) is 63.5 Å². The molecule has 0 unspecified atom stereocenters. The Morgan fingerprint density at radius 1 is 0.402 bits per heavy atom. The minimum absolute atomic E-state index is 0.00873. The Bertz CT molecular complexity index is 2930. The summed E-state index contributed by atoms with van der Waals surface area (Å²) in [6.07, 6.45) is -9.37. The molecule has 0 aromatic heterocycles. The van der Waals surface area contributed by atoms with Crippen LogP contribution in [0.2, 0.25) is 0 Å². The van der Waals surface area contributed by atoms with Crippen molar-refractivity contribution in [3.63, 3.8) is 0 Å². The molecule has 0 radical (unpaired) electrons. The van der Waals surface area contributed by atoms with Crippen LogP contribution in [0.3, 0.4) is 0 Å². The van der Waals surface area contributed by atoms with Gasteiger partial charge in [-0.05, 0) is 88.0 Å². The molecule has 97 heavy (non-hydrogen) atoms. The van der Waals surface area contributed by atoms with E-state index in [1.54, 1.807) is 30.3 Å². The maximum absolute atomic E-state index is 14.6. The molecule has 37 heteroatoms. The zero-order valence-electron chi connectivity index (χ0n) is 53.6. The number of hydroxylamine groups is 5. The number of ether oxygens (including phenoxy) is 3. The minimum atomic E-state index is -2.01. The summed E-state index contributed by atoms with van der Waals surface area (Å²) in [6, 6.07) is 3.38. The number of hydrogen-bond acceptors (Lipinski definition) is 26. The third-order valence-electron chi connectivity index (χ3n) is 14.6. The number of amides is 11. The Balaban J connectivity index is 2.62. The molecule has 538 valence electrons. The number of ketones is 3. The van der Waals surface area contributed by atoms with E-state index in [1.807, 2.05) is 0 Å². The van der Waals surface area contributed by atoms with Gasteiger partial charge in [0.2, 0.25) is 65.0 Å². The molecular formula is C60H88N12O25. The van der Waals surface area contributed by atoms with Gasteiger partial charge < -0.3 is 60.8 Å². The SMILES string of the molecule is COCCOCCOCCCC(=O)[C@@H](CCC(=O)NO)NC(=O)[C@@H](CCC(=O)NO)NC(=O)[C@@H](CCC(=O)NO)NC(=O)[C@@H](CCC(=O)NO)NC(=O)[C@@H](CCC(=O)NO)NC(=O)[C@H](CCC(=O)ON)CC(=O)[C@@H](Cc1ccccc1)NC(=O)[C@@H](CC(C)=O)Cc1ccc(O)cc1. The van der Waals surface area contributed by atoms with Gasteiger partial charge in [0.25, 0.3) is 0 Å². The van der Waals surface area contributed by atoms with Crippen LogP contribution in [0.15, 0.2) is 54.6 Å². The van der Waals surface area contributed by atoms with Gasteiger partial charge in [-0.1, -0.05) is 42.5 Å². The zero-order chi connectivity index (χ0) is 72.2. The average Bonchev–Trinajstić information content (AvgIpc) is 0.920. The molecule has 0 spiro atoms. The highest BCUT2D eigenvalue weighted by Gasteiger charge is 2.36. The Hall–Kier alpha value is -9.47. The third kappa shape index (κ3) is 34.7. The Morgan fingerprint density at radius 3 is 1.21 bits per heavy atom. The molecule has 2 rings (SSSR count). The number of Topliss-reactive ketones (excluding diaryl/α,β-unsaturated/α-hetero) is 3. The number of carbonyl (C=O) groups is 15. The molecule has 0 saturated carbocycles. The Morgan fingerprint density at radius 2 is 0.784 bits per heavy atom. The van der Waals surface area contributed by atoms with Crippen LogP contribution in [0, 0.1) is 11.8 Å². The van der Waals surface area contributed by atoms with Gasteiger partial charge in [0.1, 0.15) is 35.7 Å². The number of rotatable bonds is 50. The molecule has 0 aliphatic rings. The number of nitrogens with one attached hydrogen (secondary N) is 11. The van der Waals surface area contributed by atoms with E-state index in [1.165, 1.54) is 65.7 Å². The van der Waals surface area contributed by atoms with E-state index < -0.39 is 214 Å². The number of benzene rings is 2. The van der Waals surface area contributed by atoms with Crippen LogP contribution in [0.25, 0.3) is 0 Å². The molecule has 2 aromatic carbocycles. The van der Waals surface area contributed by atoms with E-state index >= 15 is 0 Å². The first-order chi connectivity index (χ1) is 46.3. The van der Waals surface area contributed by atoms with Gasteiger partial charge in [-0.3, -0.25) is 93.2 Å². The second-order valence-corrected chi connectivity index (χ2v) is 22.1. The summed E-state index contributed by atoms with van der Waals surface area (Å²) in [5.41, 5.74) is 7.81. The van der Waals surface area contributed by atoms with Crippen LogP contribution >= 0.6 is 0 Å². The Labute approximate surface area is 556 Å². The maximum Gasteiger partial charge on any atom is 0.324 e. The third-order valence-corrected chi connectivity index (χ3v) is 14.6. The molecule has 19 N–H and O–H groups in total. The quantitative estimate of drug-likeness (QED) is 0.0177. The van der Waals surface area contributed by atoms with Crippen LogP contribution in [0.4, 0.5) is 0 Å². The van der Waals surface area contributed by atoms with Crippen molar-refractivity contribution in [1.29, 1.82) is 0 Å². The molecule has 0 saturated heterocycles. The van der Waals surface area contributed by atoms with Gasteiger partial charge in [-0.15, -0.1) is 0 Å². The normalized spacial score (nSPS) is 13.3. The van der Waals surface area contributed by atoms with Crippen molar-refractivity contribution in [1.82, 2.24) is 59.3 Å². The number of carbonyl (C=O) groups excluding carboxylic acids is 15. The fourth-order valence-corrected chi connectivity index (χ4v) is 9.38. The molecule has 0 fully saturated rings. The average molecular weight is 1380 g/mol. The fourth-order valence-electron chi connectivity index (χ4n) is 9.38. The summed E-state index contributed by atoms with van der Waals surface area (Å²) in [4.78, 5) is 205. The largest absolute Gasteiger partial charge is 0.508 e. The first kappa shape index (κ1) is 83.6. The second-order valence-electron chi connectivity index (χ2n) is 22.1. The van der Waals surface area contributed by atoms with Crippen LogP contribution in [-0.4, -0.2) is 196 Å². The van der Waals surface area contributed by atoms with Gasteiger partial charge in [-0.25, -0.2) is 27.4 Å². The van der Waals surface area contributed by atoms with Gasteiger partial charge >= 0.3 is 5.97 Å². The first-order valence-electron chi connectivity index (χ1n) is 30.7. The molecule has 0 heterocycles. The van der Waals surface area contributed by atoms with Crippen molar-refractivity contribution < 1.29 is 122 Å². The van der Waals surface area contributed by atoms with E-state index in [4.69, 9.17) is 25.3 Å². The van der Waals surface area contributed by atoms with E-state index in [0.717, 1.165) is 0 Å². The zero-order valence-corrected chi connectivity index (χ0v) is 53.6. The second kappa shape index (κ2) is 47.4. The van der Waals surface area contributed by atoms with Gasteiger partial charge in [0.15, 0.2) is 11.6 Å². The van der Waals surface area contributed by atoms with E-state index in [9.17, 15) is 97.9 Å². The van der Waals surface area contributed by atoms with Gasteiger partial charge in [0, 0.05) is 83.3 Å². The molecule has 0 aliphatic heterocycles. The highest BCUT2D eigenvalue weighted by Crippen LogP contribution is 2.21. The van der Waals surface area contributed by atoms with Gasteiger partial charge in [0.05, 0.1) is 38.5 Å². The summed E-state index contributed by atoms with van der Waals surface area (Å²) in [5, 5.41) is 70.6. The monoisotopic (exact) mass is 1380 g/mol. The number of methoxy groups -OCH3 is 1. The highest BCUT2D eigenvalue weighted by atomic mass is 16.7. The molecule has 2 aromatic rings. The smallest absolute Gasteiger partial charge is 0.324 e. The highest BCUT2D eigenvalue weighted by molar-refractivity contribution is 5.99. The van der Waals surface area contributed by atoms with Crippen molar-refractivity contribution in [3.8, 4) is 5.75 Å². The number of nitrogens with two attached hydrogens (primary N) is 1. The van der Waals surface area contributed by atoms with Gasteiger partial charge in [-0.2, -0.15) is 5.90 Å². The minimum Gasteiger partial charge on any atom is -0.508 e. The van der Waals surface area contributed by atoms with Crippen LogP contribution in [0.5, 0.6) is 5.75 Å². The summed E-state index contributed by atoms with van der Waals surface area (Å²) < 4.78 is 15.7. The molecule has 8 atom stereocenters. The summed E-state index contributed by atoms with van der Waals surface area (Å²) >= 11 is 0. The standard InChI is InChI=1S/C60H88N12O25/c1-35(73)31-39(32-37-10-13-40(74)14-11-37)56(84)67-46(33-36-7-4-3-5-8-36)48(76)34-38(12-25-54(82)97-61)55(83)63-42(16-21-50(78)69-90)58(86)65-44(18-23-52(80)71-92)60(88)66-45(19-24-53(81)72-93)59(87)64-43(17-22-51(79)70-91)57(85)62-41(15-20-49(77)68-89)47(75)9-6-26-95-29-30-96-28-27-94-2/h3-5,7-8,10-11,13-14,38-39,41-46,74,89-93H,6,9,12,15-34,61H2,1-2H3,(H,62,85)(H,63,83)(H,64,87)(H,65,86)(H,66,88)(H,67,84)(H,68,77)(H,69,78)(H,70,79)(H,71,80)(H,72,81)/t38-,39+,41-,42-,43-,44-,45-,46-/m1/s1. The lowest BCUT2D eigenvalue weighted by molar-refractivity contribution is -0.145. The molecular weight excluding hydrogens is 1290 g/mol. The predicted molar refractivity (Wildman–Crippen MR) is 329 cm³/mol. The predicted octanol–water partition coefficient (Wildman–Crippen LogP) is -3.09. The lowest BCUT2D eigenvalue weighted by Gasteiger charge is -2.28. The summed E-state index contributed by atoms with van der Waals surface area (Å²) in [5.74, 6) is -13.1. The van der Waals surface area contributed by atoms with Crippen molar-refractivity contribution in [2.75, 3.05) is 40.1 Å². The maximum atomic E-state index is 14.6. The van der Waals surface area contributed by atoms with Crippen LogP contribution in [-0.2, 0) is 104 Å². The summed E-state index contributed by atoms with van der Waals surface area (Å²) in [6.45, 7) is 2.33. The molecule has 0 aliphatic carbocycles. The summed E-state index contributed by atoms with van der Waals surface area (Å²) in [7, 11) is 1.49. The van der Waals surface area contributed by atoms with Crippen LogP contribution < -0.4 is 65.2 Å². The number of phenolic OH excluding ortho intramolecular Hbond substituents is 1. The molecule has 37 nitrogen and oxygen atoms in total. The first-order valence-corrected chi connectivity index (χ1v) is 30.7. The van der Waals surface area contributed by atoms with E-state index in [2.05, 4.69) is 36.7 Å². The van der Waals surface area contributed by atoms with Crippen molar-refractivity contribution in [2.24, 2.45) is 17.7 Å². The number of hydrogen-bond donors (Lipinski definition) is 18. The lowest BCUT2D eigenvalue weighted by Crippen LogP contribution is -2.59. The fraction of sp³-hybridized carbons (Fsp3) is 0.550. The molecule has 0 bridgehead atoms. The van der Waals surface area contributed by atoms with E-state index in [0.29, 0.717) is 24.3 Å². The topological polar surface area (TPSA) is 573 Å². The molecule has 11 amide bonds. The van der Waals surface area contributed by atoms with Crippen molar-refractivity contribution in [2.45, 2.75) is 159 Å². The number of phenols is 1. The van der Waals surface area contributed by atoms with Crippen molar-refractivity contribution in [3.05, 3.63) is 65.7 Å². The Kier molecular flexibility index (Phi) is 40.9. The van der Waals surface area contributed by atoms with Crippen LogP contribution in [0.1, 0.15) is 121 Å². The van der Waals surface area contributed by atoms with Crippen molar-refractivity contribution >= 4 is 88.3 Å². The lowest BCUT2D eigenvalue weighted by atomic mass is 9.89. The number of aromatic hydroxyl groups is 1.